The maximum absolute atomic E-state index is 6.45. The van der Waals surface area contributed by atoms with Crippen molar-refractivity contribution in [3.8, 4) is 11.5 Å². The van der Waals surface area contributed by atoms with Gasteiger partial charge < -0.3 is 19.1 Å². The van der Waals surface area contributed by atoms with Gasteiger partial charge in [-0.3, -0.25) is 0 Å². The highest BCUT2D eigenvalue weighted by molar-refractivity contribution is 5.56. The lowest BCUT2D eigenvalue weighted by Crippen LogP contribution is -2.44. The quantitative estimate of drug-likeness (QED) is 0.797. The monoisotopic (exact) mass is 301 g/mol. The SMILES string of the molecule is COc1ccc2c3c1OC1C4CCC(O4)C(C2)N(C)CCC31. The average molecular weight is 301 g/mol. The van der Waals surface area contributed by atoms with Crippen LogP contribution in [0, 0.1) is 0 Å². The molecule has 1 aromatic rings. The third-order valence-corrected chi connectivity index (χ3v) is 6.16. The van der Waals surface area contributed by atoms with Crippen molar-refractivity contribution in [2.75, 3.05) is 20.7 Å². The first-order valence-corrected chi connectivity index (χ1v) is 8.48. The van der Waals surface area contributed by atoms with Gasteiger partial charge in [-0.2, -0.15) is 0 Å². The standard InChI is InChI=1S/C18H23NO3/c1-19-8-7-11-16-10-3-4-14(20-2)18(16)22-17(11)15-6-5-13(21-15)12(19)9-10/h3-4,11-13,15,17H,5-9H2,1-2H3. The fourth-order valence-electron chi connectivity index (χ4n) is 5.03. The number of hydrogen-bond acceptors (Lipinski definition) is 4. The molecule has 6 bridgehead atoms. The Balaban J connectivity index is 1.73. The van der Waals surface area contributed by atoms with E-state index in [0.29, 0.717) is 18.1 Å². The van der Waals surface area contributed by atoms with E-state index >= 15 is 0 Å². The summed E-state index contributed by atoms with van der Waals surface area (Å²) >= 11 is 0. The van der Waals surface area contributed by atoms with E-state index in [1.165, 1.54) is 11.1 Å². The molecular formula is C18H23NO3. The van der Waals surface area contributed by atoms with Gasteiger partial charge in [-0.05, 0) is 50.9 Å². The van der Waals surface area contributed by atoms with E-state index in [1.54, 1.807) is 7.11 Å². The molecule has 0 aliphatic carbocycles. The number of likely N-dealkylation sites (N-methyl/N-ethyl adjacent to an activating group) is 1. The molecule has 0 amide bonds. The van der Waals surface area contributed by atoms with Gasteiger partial charge in [-0.1, -0.05) is 6.07 Å². The summed E-state index contributed by atoms with van der Waals surface area (Å²) < 4.78 is 18.4. The zero-order valence-electron chi connectivity index (χ0n) is 13.2. The summed E-state index contributed by atoms with van der Waals surface area (Å²) in [5.41, 5.74) is 2.86. The van der Waals surface area contributed by atoms with Crippen molar-refractivity contribution in [2.24, 2.45) is 0 Å². The van der Waals surface area contributed by atoms with Crippen LogP contribution in [0.5, 0.6) is 11.5 Å². The number of rotatable bonds is 1. The molecule has 0 saturated carbocycles. The summed E-state index contributed by atoms with van der Waals surface area (Å²) in [7, 11) is 3.99. The Kier molecular flexibility index (Phi) is 2.77. The van der Waals surface area contributed by atoms with Crippen LogP contribution >= 0.6 is 0 Å². The number of fused-ring (bicyclic) bond motifs is 2. The van der Waals surface area contributed by atoms with E-state index in [-0.39, 0.29) is 12.2 Å². The zero-order chi connectivity index (χ0) is 14.8. The largest absolute Gasteiger partial charge is 0.493 e. The number of benzene rings is 1. The molecule has 118 valence electrons. The summed E-state index contributed by atoms with van der Waals surface area (Å²) in [5.74, 6) is 2.32. The molecule has 4 nitrogen and oxygen atoms in total. The number of hydrogen-bond donors (Lipinski definition) is 0. The lowest BCUT2D eigenvalue weighted by molar-refractivity contribution is -0.0418. The van der Waals surface area contributed by atoms with Crippen LogP contribution < -0.4 is 9.47 Å². The zero-order valence-corrected chi connectivity index (χ0v) is 13.2. The molecule has 2 fully saturated rings. The van der Waals surface area contributed by atoms with Gasteiger partial charge in [0.05, 0.1) is 19.3 Å². The van der Waals surface area contributed by atoms with Crippen LogP contribution in [0.2, 0.25) is 0 Å². The van der Waals surface area contributed by atoms with Crippen LogP contribution in [0.25, 0.3) is 0 Å². The van der Waals surface area contributed by atoms with E-state index in [2.05, 4.69) is 24.1 Å². The van der Waals surface area contributed by atoms with Gasteiger partial charge >= 0.3 is 0 Å². The molecule has 5 aliphatic rings. The molecule has 4 heteroatoms. The Morgan fingerprint density at radius 2 is 2.05 bits per heavy atom. The van der Waals surface area contributed by atoms with Crippen LogP contribution in [-0.2, 0) is 11.2 Å². The fraction of sp³-hybridized carbons (Fsp3) is 0.667. The fourth-order valence-corrected chi connectivity index (χ4v) is 5.03. The minimum Gasteiger partial charge on any atom is -0.493 e. The summed E-state index contributed by atoms with van der Waals surface area (Å²) in [6.07, 6.45) is 5.27. The predicted octanol–water partition coefficient (Wildman–Crippen LogP) is 2.35. The second-order valence-electron chi connectivity index (χ2n) is 7.19. The lowest BCUT2D eigenvalue weighted by Gasteiger charge is -2.34. The highest BCUT2D eigenvalue weighted by Gasteiger charge is 2.50. The first kappa shape index (κ1) is 13.2. The van der Waals surface area contributed by atoms with E-state index in [9.17, 15) is 0 Å². The highest BCUT2D eigenvalue weighted by atomic mass is 16.6. The van der Waals surface area contributed by atoms with Crippen LogP contribution in [0.15, 0.2) is 12.1 Å². The molecule has 0 radical (unpaired) electrons. The maximum Gasteiger partial charge on any atom is 0.165 e. The third-order valence-electron chi connectivity index (χ3n) is 6.16. The Morgan fingerprint density at radius 1 is 1.18 bits per heavy atom. The van der Waals surface area contributed by atoms with Crippen molar-refractivity contribution in [3.05, 3.63) is 23.3 Å². The summed E-state index contributed by atoms with van der Waals surface area (Å²) in [5, 5.41) is 0. The number of methoxy groups -OCH3 is 1. The summed E-state index contributed by atoms with van der Waals surface area (Å²) in [6.45, 7) is 1.12. The number of nitrogens with zero attached hydrogens (tertiary/aromatic N) is 1. The van der Waals surface area contributed by atoms with Gasteiger partial charge in [-0.25, -0.2) is 0 Å². The predicted molar refractivity (Wildman–Crippen MR) is 82.8 cm³/mol. The molecule has 1 aromatic carbocycles. The van der Waals surface area contributed by atoms with Gasteiger partial charge in [0.15, 0.2) is 11.5 Å². The third kappa shape index (κ3) is 1.65. The van der Waals surface area contributed by atoms with Gasteiger partial charge in [0.1, 0.15) is 6.10 Å². The molecule has 5 atom stereocenters. The Morgan fingerprint density at radius 3 is 2.91 bits per heavy atom. The van der Waals surface area contributed by atoms with Crippen molar-refractivity contribution in [1.82, 2.24) is 4.90 Å². The van der Waals surface area contributed by atoms with Crippen LogP contribution in [0.1, 0.15) is 36.3 Å². The summed E-state index contributed by atoms with van der Waals surface area (Å²) in [4.78, 5) is 2.51. The molecular weight excluding hydrogens is 278 g/mol. The van der Waals surface area contributed by atoms with Gasteiger partial charge in [0, 0.05) is 17.5 Å². The van der Waals surface area contributed by atoms with Crippen LogP contribution in [0.3, 0.4) is 0 Å². The Labute approximate surface area is 131 Å². The van der Waals surface area contributed by atoms with E-state index < -0.39 is 0 Å². The Hall–Kier alpha value is -1.26. The maximum atomic E-state index is 6.45. The smallest absolute Gasteiger partial charge is 0.165 e. The second-order valence-corrected chi connectivity index (χ2v) is 7.19. The minimum atomic E-state index is 0.167. The molecule has 0 aromatic heterocycles. The van der Waals surface area contributed by atoms with Gasteiger partial charge in [0.2, 0.25) is 0 Å². The number of ether oxygens (including phenoxy) is 3. The molecule has 22 heavy (non-hydrogen) atoms. The topological polar surface area (TPSA) is 30.9 Å². The molecule has 5 heterocycles. The van der Waals surface area contributed by atoms with Crippen molar-refractivity contribution in [2.45, 2.75) is 56.0 Å². The normalized spacial score (nSPS) is 38.9. The molecule has 0 spiro atoms. The van der Waals surface area contributed by atoms with E-state index in [1.807, 2.05) is 0 Å². The Bertz CT molecular complexity index is 617. The minimum absolute atomic E-state index is 0.167. The second kappa shape index (κ2) is 4.62. The molecule has 6 rings (SSSR count). The van der Waals surface area contributed by atoms with Crippen molar-refractivity contribution < 1.29 is 14.2 Å². The first-order valence-electron chi connectivity index (χ1n) is 8.48. The molecule has 2 saturated heterocycles. The summed E-state index contributed by atoms with van der Waals surface area (Å²) in [6, 6.07) is 4.82. The highest BCUT2D eigenvalue weighted by Crippen LogP contribution is 2.52. The van der Waals surface area contributed by atoms with Crippen molar-refractivity contribution in [3.63, 3.8) is 0 Å². The first-order chi connectivity index (χ1) is 10.8. The van der Waals surface area contributed by atoms with Crippen molar-refractivity contribution >= 4 is 0 Å². The average Bonchev–Trinajstić information content (AvgIpc) is 3.14. The molecule has 0 N–H and O–H groups in total. The lowest BCUT2D eigenvalue weighted by atomic mass is 9.81. The van der Waals surface area contributed by atoms with Gasteiger partial charge in [0.25, 0.3) is 0 Å². The van der Waals surface area contributed by atoms with Gasteiger partial charge in [-0.15, -0.1) is 0 Å². The molecule has 5 unspecified atom stereocenters. The molecule has 5 aliphatic heterocycles. The van der Waals surface area contributed by atoms with Crippen LogP contribution in [0.4, 0.5) is 0 Å². The van der Waals surface area contributed by atoms with Crippen LogP contribution in [-0.4, -0.2) is 50.0 Å². The van der Waals surface area contributed by atoms with Crippen molar-refractivity contribution in [1.29, 1.82) is 0 Å². The van der Waals surface area contributed by atoms with E-state index in [0.717, 1.165) is 43.7 Å². The van der Waals surface area contributed by atoms with E-state index in [4.69, 9.17) is 14.2 Å².